The van der Waals surface area contributed by atoms with Crippen LogP contribution < -0.4 is 10.1 Å². The van der Waals surface area contributed by atoms with Crippen LogP contribution in [-0.2, 0) is 0 Å². The smallest absolute Gasteiger partial charge is 0.256 e. The van der Waals surface area contributed by atoms with Gasteiger partial charge >= 0.3 is 0 Å². The summed E-state index contributed by atoms with van der Waals surface area (Å²) in [7, 11) is 0. The van der Waals surface area contributed by atoms with Crippen molar-refractivity contribution in [3.8, 4) is 23.3 Å². The molecule has 0 saturated carbocycles. The fraction of sp³-hybridized carbons (Fsp3) is 0.0667. The zero-order valence-electron chi connectivity index (χ0n) is 10.9. The molecule has 6 nitrogen and oxygen atoms in total. The molecule has 6 heteroatoms. The highest BCUT2D eigenvalue weighted by molar-refractivity contribution is 6.05. The third-order valence-corrected chi connectivity index (χ3v) is 2.59. The van der Waals surface area contributed by atoms with E-state index in [2.05, 4.69) is 5.32 Å². The van der Waals surface area contributed by atoms with Gasteiger partial charge in [0.15, 0.2) is 6.61 Å². The number of phenols is 2. The number of anilines is 1. The van der Waals surface area contributed by atoms with Crippen molar-refractivity contribution in [1.82, 2.24) is 0 Å². The van der Waals surface area contributed by atoms with Crippen molar-refractivity contribution in [1.29, 1.82) is 5.26 Å². The molecule has 0 aliphatic carbocycles. The van der Waals surface area contributed by atoms with Gasteiger partial charge in [-0.2, -0.15) is 5.26 Å². The molecule has 0 spiro atoms. The highest BCUT2D eigenvalue weighted by atomic mass is 16.5. The summed E-state index contributed by atoms with van der Waals surface area (Å²) in [6, 6.07) is 12.1. The maximum Gasteiger partial charge on any atom is 0.256 e. The summed E-state index contributed by atoms with van der Waals surface area (Å²) in [5, 5.41) is 29.9. The van der Waals surface area contributed by atoms with Crippen LogP contribution in [0.2, 0.25) is 0 Å². The Morgan fingerprint density at radius 1 is 1.19 bits per heavy atom. The molecular formula is C15H12N2O4. The number of hydrogen-bond acceptors (Lipinski definition) is 5. The molecule has 0 saturated heterocycles. The van der Waals surface area contributed by atoms with Gasteiger partial charge in [-0.25, -0.2) is 0 Å². The van der Waals surface area contributed by atoms with E-state index in [1.807, 2.05) is 6.07 Å². The zero-order chi connectivity index (χ0) is 15.2. The molecule has 0 atom stereocenters. The second kappa shape index (κ2) is 6.30. The lowest BCUT2D eigenvalue weighted by Crippen LogP contribution is -2.12. The molecule has 106 valence electrons. The van der Waals surface area contributed by atoms with Gasteiger partial charge in [-0.1, -0.05) is 12.1 Å². The Morgan fingerprint density at radius 3 is 2.52 bits per heavy atom. The van der Waals surface area contributed by atoms with Gasteiger partial charge in [-0.15, -0.1) is 0 Å². The normalized spacial score (nSPS) is 9.67. The summed E-state index contributed by atoms with van der Waals surface area (Å²) < 4.78 is 5.20. The van der Waals surface area contributed by atoms with Crippen molar-refractivity contribution in [2.45, 2.75) is 0 Å². The highest BCUT2D eigenvalue weighted by Crippen LogP contribution is 2.26. The van der Waals surface area contributed by atoms with Crippen molar-refractivity contribution >= 4 is 11.6 Å². The first-order valence-electron chi connectivity index (χ1n) is 6.03. The van der Waals surface area contributed by atoms with E-state index in [-0.39, 0.29) is 23.7 Å². The highest BCUT2D eigenvalue weighted by Gasteiger charge is 2.11. The van der Waals surface area contributed by atoms with Crippen LogP contribution in [-0.4, -0.2) is 22.7 Å². The number of benzene rings is 2. The Balaban J connectivity index is 2.21. The SMILES string of the molecule is N#CCOc1ccccc1NC(=O)c1cc(O)cc(O)c1. The second-order valence-electron chi connectivity index (χ2n) is 4.14. The predicted octanol–water partition coefficient (Wildman–Crippen LogP) is 2.25. The Kier molecular flexibility index (Phi) is 4.26. The summed E-state index contributed by atoms with van der Waals surface area (Å²) in [6.45, 7) is -0.139. The van der Waals surface area contributed by atoms with E-state index >= 15 is 0 Å². The first-order valence-corrected chi connectivity index (χ1v) is 6.03. The average molecular weight is 284 g/mol. The minimum Gasteiger partial charge on any atom is -0.508 e. The molecule has 1 amide bonds. The van der Waals surface area contributed by atoms with Crippen molar-refractivity contribution in [2.75, 3.05) is 11.9 Å². The molecule has 0 aromatic heterocycles. The van der Waals surface area contributed by atoms with Gasteiger partial charge in [0, 0.05) is 11.6 Å². The lowest BCUT2D eigenvalue weighted by molar-refractivity contribution is 0.102. The number of nitrogens with zero attached hydrogens (tertiary/aromatic N) is 1. The number of amides is 1. The summed E-state index contributed by atoms with van der Waals surface area (Å²) in [5.74, 6) is -0.589. The van der Waals surface area contributed by atoms with Crippen LogP contribution in [0.25, 0.3) is 0 Å². The minimum absolute atomic E-state index is 0.0996. The van der Waals surface area contributed by atoms with E-state index in [9.17, 15) is 15.0 Å². The van der Waals surface area contributed by atoms with Gasteiger partial charge in [0.2, 0.25) is 0 Å². The number of carbonyl (C=O) groups excluding carboxylic acids is 1. The number of nitrogens with one attached hydrogen (secondary N) is 1. The number of ether oxygens (including phenoxy) is 1. The number of rotatable bonds is 4. The third kappa shape index (κ3) is 3.64. The molecule has 3 N–H and O–H groups in total. The number of hydrogen-bond donors (Lipinski definition) is 3. The van der Waals surface area contributed by atoms with Crippen LogP contribution in [0.3, 0.4) is 0 Å². The minimum atomic E-state index is -0.519. The summed E-state index contributed by atoms with van der Waals surface area (Å²) >= 11 is 0. The monoisotopic (exact) mass is 284 g/mol. The van der Waals surface area contributed by atoms with E-state index < -0.39 is 5.91 Å². The largest absolute Gasteiger partial charge is 0.508 e. The van der Waals surface area contributed by atoms with E-state index in [1.165, 1.54) is 12.1 Å². The van der Waals surface area contributed by atoms with Crippen molar-refractivity contribution < 1.29 is 19.7 Å². The van der Waals surface area contributed by atoms with Crippen LogP contribution in [0.1, 0.15) is 10.4 Å². The Hall–Kier alpha value is -3.20. The van der Waals surface area contributed by atoms with E-state index in [0.717, 1.165) is 6.07 Å². The molecule has 0 radical (unpaired) electrons. The number of nitriles is 1. The first-order chi connectivity index (χ1) is 10.1. The molecule has 0 heterocycles. The van der Waals surface area contributed by atoms with Gasteiger partial charge < -0.3 is 20.3 Å². The third-order valence-electron chi connectivity index (χ3n) is 2.59. The summed E-state index contributed by atoms with van der Waals surface area (Å²) in [4.78, 5) is 12.1. The molecule has 0 bridgehead atoms. The number of para-hydroxylation sites is 2. The molecule has 2 aromatic carbocycles. The standard InChI is InChI=1S/C15H12N2O4/c16-5-6-21-14-4-2-1-3-13(14)17-15(20)10-7-11(18)9-12(19)8-10/h1-4,7-9,18-19H,6H2,(H,17,20). The van der Waals surface area contributed by atoms with Crippen LogP contribution in [0.15, 0.2) is 42.5 Å². The Morgan fingerprint density at radius 2 is 1.86 bits per heavy atom. The van der Waals surface area contributed by atoms with E-state index in [4.69, 9.17) is 10.00 Å². The molecule has 0 aliphatic rings. The quantitative estimate of drug-likeness (QED) is 0.799. The van der Waals surface area contributed by atoms with Gasteiger partial charge in [0.05, 0.1) is 5.69 Å². The first kappa shape index (κ1) is 14.2. The Labute approximate surface area is 120 Å². The van der Waals surface area contributed by atoms with Gasteiger partial charge in [-0.05, 0) is 24.3 Å². The van der Waals surface area contributed by atoms with Gasteiger partial charge in [-0.3, -0.25) is 4.79 Å². The van der Waals surface area contributed by atoms with Gasteiger partial charge in [0.25, 0.3) is 5.91 Å². The van der Waals surface area contributed by atoms with Crippen molar-refractivity contribution in [3.63, 3.8) is 0 Å². The van der Waals surface area contributed by atoms with Crippen molar-refractivity contribution in [2.24, 2.45) is 0 Å². The molecule has 0 fully saturated rings. The van der Waals surface area contributed by atoms with Crippen molar-refractivity contribution in [3.05, 3.63) is 48.0 Å². The lowest BCUT2D eigenvalue weighted by Gasteiger charge is -2.11. The van der Waals surface area contributed by atoms with E-state index in [0.29, 0.717) is 11.4 Å². The molecule has 21 heavy (non-hydrogen) atoms. The molecular weight excluding hydrogens is 272 g/mol. The number of carbonyl (C=O) groups is 1. The van der Waals surface area contributed by atoms with E-state index in [1.54, 1.807) is 24.3 Å². The van der Waals surface area contributed by atoms with Gasteiger partial charge in [0.1, 0.15) is 23.3 Å². The number of phenolic OH excluding ortho intramolecular Hbond substituents is 2. The molecule has 2 aromatic rings. The van der Waals surface area contributed by atoms with Crippen LogP contribution in [0, 0.1) is 11.3 Å². The predicted molar refractivity (Wildman–Crippen MR) is 75.3 cm³/mol. The van der Waals surface area contributed by atoms with Crippen LogP contribution in [0.5, 0.6) is 17.2 Å². The topological polar surface area (TPSA) is 103 Å². The molecule has 0 aliphatic heterocycles. The lowest BCUT2D eigenvalue weighted by atomic mass is 10.2. The maximum absolute atomic E-state index is 12.1. The maximum atomic E-state index is 12.1. The fourth-order valence-corrected chi connectivity index (χ4v) is 1.73. The molecule has 2 rings (SSSR count). The van der Waals surface area contributed by atoms with Crippen LogP contribution in [0.4, 0.5) is 5.69 Å². The fourth-order valence-electron chi connectivity index (χ4n) is 1.73. The average Bonchev–Trinajstić information content (AvgIpc) is 2.45. The Bertz CT molecular complexity index is 687. The second-order valence-corrected chi connectivity index (χ2v) is 4.14. The zero-order valence-corrected chi connectivity index (χ0v) is 10.9. The number of aromatic hydroxyl groups is 2. The summed E-state index contributed by atoms with van der Waals surface area (Å²) in [6.07, 6.45) is 0. The van der Waals surface area contributed by atoms with Crippen LogP contribution >= 0.6 is 0 Å². The summed E-state index contributed by atoms with van der Waals surface area (Å²) in [5.41, 5.74) is 0.489. The molecule has 0 unspecified atom stereocenters.